The molecule has 1 aliphatic heterocycles. The number of hydrogen-bond acceptors (Lipinski definition) is 4. The number of nitrogens with zero attached hydrogens (tertiary/aromatic N) is 4. The molecule has 128 valence electrons. The van der Waals surface area contributed by atoms with E-state index >= 15 is 0 Å². The molecule has 25 heavy (non-hydrogen) atoms. The number of pyridine rings is 1. The molecule has 0 amide bonds. The fourth-order valence-corrected chi connectivity index (χ4v) is 3.04. The van der Waals surface area contributed by atoms with Crippen LogP contribution < -0.4 is 0 Å². The normalized spacial score (nSPS) is 17.1. The molecule has 1 aromatic carbocycles. The highest BCUT2D eigenvalue weighted by molar-refractivity contribution is 5.53. The van der Waals surface area contributed by atoms with Crippen molar-refractivity contribution >= 4 is 0 Å². The van der Waals surface area contributed by atoms with Gasteiger partial charge in [0.1, 0.15) is 11.6 Å². The van der Waals surface area contributed by atoms with Crippen molar-refractivity contribution in [2.75, 3.05) is 13.2 Å². The Labute approximate surface area is 145 Å². The van der Waals surface area contributed by atoms with E-state index in [4.69, 9.17) is 9.72 Å². The minimum atomic E-state index is -0.233. The maximum atomic E-state index is 13.1. The lowest BCUT2D eigenvalue weighted by Crippen LogP contribution is -2.12. The Morgan fingerprint density at radius 1 is 1.12 bits per heavy atom. The molecule has 4 rings (SSSR count). The lowest BCUT2D eigenvalue weighted by atomic mass is 10.0. The molecule has 1 aliphatic rings. The molecular weight excluding hydrogens is 319 g/mol. The van der Waals surface area contributed by atoms with Crippen LogP contribution in [0, 0.1) is 11.7 Å². The Kier molecular flexibility index (Phi) is 4.52. The van der Waals surface area contributed by atoms with Gasteiger partial charge in [0.25, 0.3) is 0 Å². The third-order valence-corrected chi connectivity index (χ3v) is 4.43. The molecule has 5 nitrogen and oxygen atoms in total. The molecule has 0 saturated carbocycles. The van der Waals surface area contributed by atoms with Crippen LogP contribution in [-0.4, -0.2) is 33.0 Å². The van der Waals surface area contributed by atoms with Crippen molar-refractivity contribution in [1.82, 2.24) is 19.7 Å². The van der Waals surface area contributed by atoms with E-state index in [1.54, 1.807) is 24.5 Å². The first kappa shape index (κ1) is 15.9. The monoisotopic (exact) mass is 338 g/mol. The fraction of sp³-hybridized carbons (Fsp3) is 0.316. The average Bonchev–Trinajstić information content (AvgIpc) is 3.29. The van der Waals surface area contributed by atoms with Crippen LogP contribution in [0.2, 0.25) is 0 Å². The van der Waals surface area contributed by atoms with E-state index in [0.29, 0.717) is 18.3 Å². The van der Waals surface area contributed by atoms with Gasteiger partial charge in [0, 0.05) is 37.6 Å². The molecule has 1 atom stereocenters. The van der Waals surface area contributed by atoms with Gasteiger partial charge < -0.3 is 4.74 Å². The molecule has 6 heteroatoms. The third kappa shape index (κ3) is 3.74. The minimum absolute atomic E-state index is 0.233. The van der Waals surface area contributed by atoms with Gasteiger partial charge in [0.2, 0.25) is 0 Å². The zero-order valence-electron chi connectivity index (χ0n) is 13.8. The standard InChI is InChI=1S/C19H19FN4O/c20-17-3-1-14(2-4-17)12-24-18(11-15-7-10-25-13-15)22-19(23-24)16-5-8-21-9-6-16/h1-6,8-9,15H,7,10-13H2/t15-/m0/s1. The first-order valence-electron chi connectivity index (χ1n) is 8.44. The van der Waals surface area contributed by atoms with Crippen molar-refractivity contribution in [3.63, 3.8) is 0 Å². The van der Waals surface area contributed by atoms with Crippen LogP contribution in [0.3, 0.4) is 0 Å². The van der Waals surface area contributed by atoms with Crippen molar-refractivity contribution < 1.29 is 9.13 Å². The number of aromatic nitrogens is 4. The largest absolute Gasteiger partial charge is 0.381 e. The zero-order valence-corrected chi connectivity index (χ0v) is 13.8. The summed E-state index contributed by atoms with van der Waals surface area (Å²) in [6.45, 7) is 2.16. The maximum absolute atomic E-state index is 13.1. The van der Waals surface area contributed by atoms with E-state index in [2.05, 4.69) is 10.1 Å². The molecule has 1 saturated heterocycles. The number of halogens is 1. The summed E-state index contributed by atoms with van der Waals surface area (Å²) in [6, 6.07) is 10.3. The summed E-state index contributed by atoms with van der Waals surface area (Å²) in [5, 5.41) is 4.68. The molecular formula is C19H19FN4O. The molecule has 0 bridgehead atoms. The fourth-order valence-electron chi connectivity index (χ4n) is 3.04. The van der Waals surface area contributed by atoms with E-state index in [9.17, 15) is 4.39 Å². The average molecular weight is 338 g/mol. The van der Waals surface area contributed by atoms with Crippen LogP contribution in [0.25, 0.3) is 11.4 Å². The van der Waals surface area contributed by atoms with E-state index in [1.165, 1.54) is 12.1 Å². The smallest absolute Gasteiger partial charge is 0.181 e. The van der Waals surface area contributed by atoms with Crippen LogP contribution in [0.5, 0.6) is 0 Å². The van der Waals surface area contributed by atoms with Gasteiger partial charge in [-0.05, 0) is 42.2 Å². The van der Waals surface area contributed by atoms with Crippen LogP contribution in [0.15, 0.2) is 48.8 Å². The third-order valence-electron chi connectivity index (χ3n) is 4.43. The summed E-state index contributed by atoms with van der Waals surface area (Å²) < 4.78 is 20.5. The van der Waals surface area contributed by atoms with Crippen molar-refractivity contribution in [2.45, 2.75) is 19.4 Å². The first-order valence-corrected chi connectivity index (χ1v) is 8.44. The summed E-state index contributed by atoms with van der Waals surface area (Å²) in [5.74, 6) is 1.87. The molecule has 3 heterocycles. The van der Waals surface area contributed by atoms with E-state index in [-0.39, 0.29) is 5.82 Å². The predicted molar refractivity (Wildman–Crippen MR) is 91.4 cm³/mol. The maximum Gasteiger partial charge on any atom is 0.181 e. The van der Waals surface area contributed by atoms with Crippen LogP contribution in [-0.2, 0) is 17.7 Å². The Morgan fingerprint density at radius 2 is 1.92 bits per heavy atom. The van der Waals surface area contributed by atoms with Crippen molar-refractivity contribution in [3.8, 4) is 11.4 Å². The van der Waals surface area contributed by atoms with Gasteiger partial charge in [-0.15, -0.1) is 0 Å². The van der Waals surface area contributed by atoms with E-state index in [1.807, 2.05) is 16.8 Å². The lowest BCUT2D eigenvalue weighted by Gasteiger charge is -2.09. The molecule has 2 aromatic heterocycles. The molecule has 0 unspecified atom stereocenters. The van der Waals surface area contributed by atoms with Crippen LogP contribution in [0.4, 0.5) is 4.39 Å². The van der Waals surface area contributed by atoms with Crippen LogP contribution in [0.1, 0.15) is 17.8 Å². The van der Waals surface area contributed by atoms with Gasteiger partial charge in [-0.1, -0.05) is 12.1 Å². The second-order valence-corrected chi connectivity index (χ2v) is 6.31. The first-order chi connectivity index (χ1) is 12.3. The molecule has 0 spiro atoms. The lowest BCUT2D eigenvalue weighted by molar-refractivity contribution is 0.185. The van der Waals surface area contributed by atoms with Gasteiger partial charge >= 0.3 is 0 Å². The molecule has 1 fully saturated rings. The highest BCUT2D eigenvalue weighted by Crippen LogP contribution is 2.21. The molecule has 0 radical (unpaired) electrons. The highest BCUT2D eigenvalue weighted by Gasteiger charge is 2.21. The molecule has 3 aromatic rings. The number of hydrogen-bond donors (Lipinski definition) is 0. The minimum Gasteiger partial charge on any atom is -0.381 e. The van der Waals surface area contributed by atoms with Crippen molar-refractivity contribution in [2.24, 2.45) is 5.92 Å². The second-order valence-electron chi connectivity index (χ2n) is 6.31. The van der Waals surface area contributed by atoms with E-state index in [0.717, 1.165) is 43.0 Å². The predicted octanol–water partition coefficient (Wildman–Crippen LogP) is 3.11. The summed E-state index contributed by atoms with van der Waals surface area (Å²) in [7, 11) is 0. The summed E-state index contributed by atoms with van der Waals surface area (Å²) in [5.41, 5.74) is 1.94. The summed E-state index contributed by atoms with van der Waals surface area (Å²) >= 11 is 0. The second kappa shape index (κ2) is 7.11. The molecule has 0 N–H and O–H groups in total. The van der Waals surface area contributed by atoms with Crippen LogP contribution >= 0.6 is 0 Å². The summed E-state index contributed by atoms with van der Waals surface area (Å²) in [6.07, 6.45) is 5.36. The van der Waals surface area contributed by atoms with Gasteiger partial charge in [-0.3, -0.25) is 4.98 Å². The Hall–Kier alpha value is -2.60. The van der Waals surface area contributed by atoms with Gasteiger partial charge in [-0.2, -0.15) is 5.10 Å². The van der Waals surface area contributed by atoms with Gasteiger partial charge in [0.15, 0.2) is 5.82 Å². The molecule has 0 aliphatic carbocycles. The van der Waals surface area contributed by atoms with Crippen molar-refractivity contribution in [1.29, 1.82) is 0 Å². The zero-order chi connectivity index (χ0) is 17.1. The Balaban J connectivity index is 1.64. The number of benzene rings is 1. The number of ether oxygens (including phenoxy) is 1. The summed E-state index contributed by atoms with van der Waals surface area (Å²) in [4.78, 5) is 8.80. The van der Waals surface area contributed by atoms with Gasteiger partial charge in [0.05, 0.1) is 6.54 Å². The highest BCUT2D eigenvalue weighted by atomic mass is 19.1. The SMILES string of the molecule is Fc1ccc(Cn2nc(-c3ccncc3)nc2C[C@@H]2CCOC2)cc1. The quantitative estimate of drug-likeness (QED) is 0.717. The Morgan fingerprint density at radius 3 is 2.64 bits per heavy atom. The van der Waals surface area contributed by atoms with E-state index < -0.39 is 0 Å². The Bertz CT molecular complexity index is 826. The van der Waals surface area contributed by atoms with Gasteiger partial charge in [-0.25, -0.2) is 14.1 Å². The number of rotatable bonds is 5. The topological polar surface area (TPSA) is 52.8 Å². The van der Waals surface area contributed by atoms with Crippen molar-refractivity contribution in [3.05, 3.63) is 66.0 Å².